The van der Waals surface area contributed by atoms with Gasteiger partial charge in [-0.3, -0.25) is 4.55 Å². The second-order valence-corrected chi connectivity index (χ2v) is 7.54. The predicted octanol–water partition coefficient (Wildman–Crippen LogP) is -1.32. The van der Waals surface area contributed by atoms with Gasteiger partial charge in [0.2, 0.25) is 6.29 Å². The molecule has 3 rings (SSSR count). The van der Waals surface area contributed by atoms with Crippen LogP contribution in [0, 0.1) is 6.92 Å². The molecular formula is C16H19NO10S. The van der Waals surface area contributed by atoms with Crippen molar-refractivity contribution in [2.24, 2.45) is 0 Å². The highest BCUT2D eigenvalue weighted by atomic mass is 32.2. The molecule has 0 unspecified atom stereocenters. The third-order valence-corrected chi connectivity index (χ3v) is 4.91. The summed E-state index contributed by atoms with van der Waals surface area (Å²) in [5, 5.41) is 30.1. The molecule has 0 bridgehead atoms. The van der Waals surface area contributed by atoms with Gasteiger partial charge in [0, 0.05) is 17.5 Å². The van der Waals surface area contributed by atoms with Crippen LogP contribution in [-0.4, -0.2) is 65.5 Å². The topological polar surface area (TPSA) is 176 Å². The van der Waals surface area contributed by atoms with Crippen molar-refractivity contribution < 1.29 is 42.2 Å². The van der Waals surface area contributed by atoms with Gasteiger partial charge in [0.25, 0.3) is 0 Å². The van der Waals surface area contributed by atoms with Crippen LogP contribution in [-0.2, 0) is 15.0 Å². The quantitative estimate of drug-likeness (QED) is 0.290. The first-order valence-corrected chi connectivity index (χ1v) is 9.61. The van der Waals surface area contributed by atoms with E-state index in [-0.39, 0.29) is 11.3 Å². The lowest BCUT2D eigenvalue weighted by Gasteiger charge is -2.41. The Morgan fingerprint density at radius 1 is 1.21 bits per heavy atom. The summed E-state index contributed by atoms with van der Waals surface area (Å²) in [4.78, 5) is 11.5. The number of hydrogen-bond donors (Lipinski definition) is 5. The van der Waals surface area contributed by atoms with Gasteiger partial charge in [0.1, 0.15) is 35.7 Å². The Morgan fingerprint density at radius 2 is 1.93 bits per heavy atom. The standard InChI is InChI=1S/C16H19NO10S/c1-7-4-12(19)26-10-5-8(2-3-9(7)10)25-16-13(17-28(22,23)24)15(21)14(20)11(6-18)27-16/h2-5,11,13-18,20-21H,6H2,1H3,(H,22,23,24)/t11-,13-,14-,15-,16-/m1/s1. The van der Waals surface area contributed by atoms with Gasteiger partial charge in [-0.15, -0.1) is 0 Å². The second kappa shape index (κ2) is 7.75. The molecule has 1 aromatic carbocycles. The number of nitrogens with one attached hydrogen (secondary N) is 1. The molecule has 1 saturated heterocycles. The lowest BCUT2D eigenvalue weighted by molar-refractivity contribution is -0.242. The normalized spacial score (nSPS) is 28.4. The third-order valence-electron chi connectivity index (χ3n) is 4.34. The Labute approximate surface area is 159 Å². The Kier molecular flexibility index (Phi) is 5.72. The molecule has 0 spiro atoms. The summed E-state index contributed by atoms with van der Waals surface area (Å²) in [6, 6.07) is 4.19. The molecule has 0 saturated carbocycles. The lowest BCUT2D eigenvalue weighted by atomic mass is 9.98. The number of rotatable bonds is 5. The average Bonchev–Trinajstić information content (AvgIpc) is 2.59. The fourth-order valence-electron chi connectivity index (χ4n) is 2.99. The van der Waals surface area contributed by atoms with Crippen LogP contribution in [0.4, 0.5) is 0 Å². The van der Waals surface area contributed by atoms with E-state index in [1.165, 1.54) is 18.2 Å². The average molecular weight is 417 g/mol. The van der Waals surface area contributed by atoms with Crippen molar-refractivity contribution in [2.45, 2.75) is 37.6 Å². The SMILES string of the molecule is Cc1cc(=O)oc2cc(O[C@@H]3O[C@H](CO)[C@@H](O)[C@H](O)[C@H]3NS(=O)(=O)O)ccc12. The van der Waals surface area contributed by atoms with Crippen LogP contribution in [0.1, 0.15) is 5.56 Å². The van der Waals surface area contributed by atoms with Crippen molar-refractivity contribution in [1.29, 1.82) is 0 Å². The Balaban J connectivity index is 1.94. The first kappa shape index (κ1) is 20.7. The van der Waals surface area contributed by atoms with E-state index in [0.29, 0.717) is 10.9 Å². The van der Waals surface area contributed by atoms with Crippen LogP contribution < -0.4 is 15.1 Å². The number of aliphatic hydroxyl groups excluding tert-OH is 3. The van der Waals surface area contributed by atoms with E-state index in [1.807, 2.05) is 0 Å². The van der Waals surface area contributed by atoms with Crippen molar-refractivity contribution in [3.8, 4) is 5.75 Å². The summed E-state index contributed by atoms with van der Waals surface area (Å²) in [5.74, 6) is 0.0914. The molecule has 1 aliphatic rings. The molecule has 28 heavy (non-hydrogen) atoms. The monoisotopic (exact) mass is 417 g/mol. The highest BCUT2D eigenvalue weighted by Gasteiger charge is 2.47. The van der Waals surface area contributed by atoms with Gasteiger partial charge in [-0.2, -0.15) is 13.1 Å². The fraction of sp³-hybridized carbons (Fsp3) is 0.438. The first-order chi connectivity index (χ1) is 13.1. The molecule has 0 radical (unpaired) electrons. The van der Waals surface area contributed by atoms with Gasteiger partial charge in [-0.1, -0.05) is 0 Å². The third kappa shape index (κ3) is 4.33. The van der Waals surface area contributed by atoms with Gasteiger partial charge < -0.3 is 29.2 Å². The summed E-state index contributed by atoms with van der Waals surface area (Å²) in [6.07, 6.45) is -6.17. The van der Waals surface area contributed by atoms with Crippen LogP contribution in [0.5, 0.6) is 5.75 Å². The zero-order valence-electron chi connectivity index (χ0n) is 14.5. The van der Waals surface area contributed by atoms with Gasteiger partial charge in [0.15, 0.2) is 0 Å². The van der Waals surface area contributed by atoms with Gasteiger partial charge in [-0.25, -0.2) is 4.79 Å². The van der Waals surface area contributed by atoms with Gasteiger partial charge in [-0.05, 0) is 24.6 Å². The summed E-state index contributed by atoms with van der Waals surface area (Å²) in [6.45, 7) is 1.04. The molecule has 1 aliphatic heterocycles. The molecular weight excluding hydrogens is 398 g/mol. The Morgan fingerprint density at radius 3 is 2.57 bits per heavy atom. The number of benzene rings is 1. The van der Waals surface area contributed by atoms with Crippen LogP contribution in [0.15, 0.2) is 33.5 Å². The van der Waals surface area contributed by atoms with Crippen LogP contribution >= 0.6 is 0 Å². The van der Waals surface area contributed by atoms with Gasteiger partial charge in [0.05, 0.1) is 6.61 Å². The summed E-state index contributed by atoms with van der Waals surface area (Å²) >= 11 is 0. The van der Waals surface area contributed by atoms with E-state index in [4.69, 9.17) is 18.4 Å². The highest BCUT2D eigenvalue weighted by molar-refractivity contribution is 7.83. The minimum Gasteiger partial charge on any atom is -0.463 e. The van der Waals surface area contributed by atoms with Crippen molar-refractivity contribution in [3.63, 3.8) is 0 Å². The Bertz CT molecular complexity index is 1020. The fourth-order valence-corrected chi connectivity index (χ4v) is 3.59. The van der Waals surface area contributed by atoms with E-state index in [1.54, 1.807) is 17.7 Å². The molecule has 12 heteroatoms. The molecule has 0 aliphatic carbocycles. The molecule has 5 N–H and O–H groups in total. The smallest absolute Gasteiger partial charge is 0.336 e. The molecule has 1 aromatic heterocycles. The zero-order valence-corrected chi connectivity index (χ0v) is 15.4. The van der Waals surface area contributed by atoms with E-state index in [0.717, 1.165) is 0 Å². The maximum absolute atomic E-state index is 11.5. The van der Waals surface area contributed by atoms with Crippen LogP contribution in [0.25, 0.3) is 11.0 Å². The largest absolute Gasteiger partial charge is 0.463 e. The van der Waals surface area contributed by atoms with Gasteiger partial charge >= 0.3 is 15.9 Å². The van der Waals surface area contributed by atoms with E-state index in [2.05, 4.69) is 0 Å². The number of aryl methyl sites for hydroxylation is 1. The molecule has 5 atom stereocenters. The number of fused-ring (bicyclic) bond motifs is 1. The minimum absolute atomic E-state index is 0.0914. The van der Waals surface area contributed by atoms with Crippen molar-refractivity contribution in [1.82, 2.24) is 4.72 Å². The number of aliphatic hydroxyl groups is 3. The van der Waals surface area contributed by atoms with E-state index >= 15 is 0 Å². The zero-order chi connectivity index (χ0) is 20.6. The second-order valence-electron chi connectivity index (χ2n) is 6.35. The maximum atomic E-state index is 11.5. The molecule has 11 nitrogen and oxygen atoms in total. The number of ether oxygens (including phenoxy) is 2. The molecule has 1 fully saturated rings. The summed E-state index contributed by atoms with van der Waals surface area (Å²) in [7, 11) is -4.78. The van der Waals surface area contributed by atoms with Crippen molar-refractivity contribution >= 4 is 21.3 Å². The van der Waals surface area contributed by atoms with Crippen LogP contribution in [0.2, 0.25) is 0 Å². The van der Waals surface area contributed by atoms with Crippen molar-refractivity contribution in [3.05, 3.63) is 40.2 Å². The summed E-state index contributed by atoms with van der Waals surface area (Å²) in [5.41, 5.74) is 0.314. The minimum atomic E-state index is -4.78. The lowest BCUT2D eigenvalue weighted by Crippen LogP contribution is -2.65. The Hall–Kier alpha value is -2.06. The van der Waals surface area contributed by atoms with E-state index < -0.39 is 53.2 Å². The predicted molar refractivity (Wildman–Crippen MR) is 94.1 cm³/mol. The van der Waals surface area contributed by atoms with E-state index in [9.17, 15) is 28.5 Å². The first-order valence-electron chi connectivity index (χ1n) is 8.17. The molecule has 2 heterocycles. The molecule has 154 valence electrons. The molecule has 2 aromatic rings. The molecule has 0 amide bonds. The maximum Gasteiger partial charge on any atom is 0.336 e. The summed E-state index contributed by atoms with van der Waals surface area (Å²) < 4.78 is 49.1. The number of hydrogen-bond acceptors (Lipinski definition) is 9. The highest BCUT2D eigenvalue weighted by Crippen LogP contribution is 2.27. The van der Waals surface area contributed by atoms with Crippen molar-refractivity contribution in [2.75, 3.05) is 6.61 Å². The van der Waals surface area contributed by atoms with Crippen LogP contribution in [0.3, 0.4) is 0 Å².